The number of anilines is 1. The maximum absolute atomic E-state index is 13.4. The van der Waals surface area contributed by atoms with Gasteiger partial charge < -0.3 is 24.7 Å². The molecule has 10 heterocycles. The first-order valence-electron chi connectivity index (χ1n) is 33.0. The van der Waals surface area contributed by atoms with Crippen LogP contribution in [0, 0.1) is 11.6 Å². The second-order valence-electron chi connectivity index (χ2n) is 25.5. The molecule has 107 heavy (non-hydrogen) atoms. The van der Waals surface area contributed by atoms with Crippen LogP contribution in [0.3, 0.4) is 0 Å². The second kappa shape index (κ2) is 32.5. The van der Waals surface area contributed by atoms with E-state index < -0.39 is 106 Å². The number of nitrogens with zero attached hydrogens (tertiary/aromatic N) is 14. The van der Waals surface area contributed by atoms with Gasteiger partial charge in [0.1, 0.15) is 56.5 Å². The molecule has 0 radical (unpaired) electrons. The molecule has 9 aromatic rings. The Kier molecular flexibility index (Phi) is 24.3. The van der Waals surface area contributed by atoms with Crippen LogP contribution >= 0.6 is 23.2 Å². The summed E-state index contributed by atoms with van der Waals surface area (Å²) in [5.74, 6) is -2.90. The van der Waals surface area contributed by atoms with Gasteiger partial charge in [-0.2, -0.15) is 22.5 Å². The normalized spacial score (nSPS) is 16.1. The molecule has 4 aliphatic heterocycles. The molecule has 4 saturated heterocycles. The van der Waals surface area contributed by atoms with E-state index in [1.54, 1.807) is 16.2 Å². The third-order valence-corrected chi connectivity index (χ3v) is 26.7. The van der Waals surface area contributed by atoms with Crippen LogP contribution in [0.5, 0.6) is 5.75 Å². The molecule has 33 nitrogen and oxygen atoms in total. The Hall–Kier alpha value is -9.57. The number of sulfonamides is 3. The number of hydrogen-bond acceptors (Lipinski definition) is 21. The number of carboxylic acids is 2. The summed E-state index contributed by atoms with van der Waals surface area (Å²) in [6.45, 7) is 1.30. The number of carbonyl (C=O) groups excluding carboxylic acids is 3. The summed E-state index contributed by atoms with van der Waals surface area (Å²) in [4.78, 5) is 108. The van der Waals surface area contributed by atoms with Gasteiger partial charge >= 0.3 is 35.2 Å². The van der Waals surface area contributed by atoms with E-state index in [-0.39, 0.29) is 135 Å². The van der Waals surface area contributed by atoms with Crippen LogP contribution in [0.4, 0.5) is 14.6 Å². The number of aliphatic carboxylic acids is 2. The number of aryl methyl sites for hydroxylation is 1. The summed E-state index contributed by atoms with van der Waals surface area (Å²) in [7, 11) is -9.51. The zero-order chi connectivity index (χ0) is 77.9. The summed E-state index contributed by atoms with van der Waals surface area (Å²) >= 11 is 12.0. The molecule has 0 aliphatic carbocycles. The molecule has 0 saturated carbocycles. The summed E-state index contributed by atoms with van der Waals surface area (Å²) in [6, 6.07) is 17.5. The lowest BCUT2D eigenvalue weighted by Gasteiger charge is -2.32. The number of amides is 1. The Balaban J connectivity index is 0.000000168. The first kappa shape index (κ1) is 80.0. The highest BCUT2D eigenvalue weighted by Crippen LogP contribution is 2.36. The third kappa shape index (κ3) is 16.5. The fraction of sp³-hybridized carbons (Fsp3) is 0.394. The van der Waals surface area contributed by atoms with Crippen molar-refractivity contribution in [2.75, 3.05) is 84.7 Å². The minimum absolute atomic E-state index is 0.0368. The zero-order valence-corrected chi connectivity index (χ0v) is 62.7. The van der Waals surface area contributed by atoms with Crippen molar-refractivity contribution < 1.29 is 81.4 Å². The predicted octanol–water partition coefficient (Wildman–Crippen LogP) is 5.09. The summed E-state index contributed by atoms with van der Waals surface area (Å²) in [6.07, 6.45) is 8.13. The van der Waals surface area contributed by atoms with Crippen molar-refractivity contribution in [1.82, 2.24) is 60.2 Å². The minimum Gasteiger partial charge on any atom is -0.495 e. The monoisotopic (exact) mass is 1600 g/mol. The molecular weight excluding hydrogens is 1530 g/mol. The van der Waals surface area contributed by atoms with Gasteiger partial charge in [-0.1, -0.05) is 35.3 Å². The van der Waals surface area contributed by atoms with Crippen molar-refractivity contribution in [3.05, 3.63) is 156 Å². The van der Waals surface area contributed by atoms with Crippen LogP contribution in [0.2, 0.25) is 10.0 Å². The van der Waals surface area contributed by atoms with Crippen molar-refractivity contribution in [1.29, 1.82) is 0 Å². The van der Waals surface area contributed by atoms with Gasteiger partial charge in [0.15, 0.2) is 26.8 Å². The number of carbonyl (C=O) groups is 3. The van der Waals surface area contributed by atoms with Crippen molar-refractivity contribution in [3.8, 4) is 5.75 Å². The van der Waals surface area contributed by atoms with Gasteiger partial charge in [0, 0.05) is 110 Å². The molecule has 4 aliphatic rings. The van der Waals surface area contributed by atoms with E-state index in [9.17, 15) is 81.4 Å². The van der Waals surface area contributed by atoms with Gasteiger partial charge in [0.05, 0.1) is 44.8 Å². The Morgan fingerprint density at radius 3 is 1.49 bits per heavy atom. The number of benzene rings is 3. The minimum atomic E-state index is -4.10. The number of fused-ring (bicyclic) bond motifs is 3. The molecule has 572 valence electrons. The standard InChI is InChI=1S/C22H23ClFN5O6S.C22H25ClFN5O3S.C21H24N4O8S2.CO2/c1-26(2)21(32)15-5-8-25-20-19(15)28(12-18(30)31)22(33)29(20)14-6-9-27(10-7-14)36(34,35)17-4-3-13(24)11-16(17)23;1-26-18-5-7-20(27-10-2-3-11-27)25-21(18)29(22(26)30)16-8-12-28(13-9-16)33(31,32)19-6-4-15(24)14-17(19)23;1-33-15-11-16-20(22-12-15)25(21(28)24(16)13-19(26)27)14-7-9-23(10-8-14)35(31,32)18-6-4-3-5-17(18)34(2,29)30;2-1-3/h3-5,8,11,14H,6-7,9-10,12H2,1-2H3,(H,30,31);4-7,14,16H,2-3,8-13H2,1H3;3-6,11-12,14H,7-10,13H2,1-2H3,(H,26,27);. The fourth-order valence-corrected chi connectivity index (χ4v) is 20.6. The molecule has 1 amide bonds. The molecule has 0 bridgehead atoms. The molecule has 4 fully saturated rings. The van der Waals surface area contributed by atoms with E-state index >= 15 is 0 Å². The molecule has 13 rings (SSSR count). The van der Waals surface area contributed by atoms with E-state index in [2.05, 4.69) is 14.9 Å². The van der Waals surface area contributed by atoms with Gasteiger partial charge in [-0.25, -0.2) is 71.8 Å². The van der Waals surface area contributed by atoms with Crippen LogP contribution in [-0.4, -0.2) is 208 Å². The van der Waals surface area contributed by atoms with Crippen molar-refractivity contribution in [2.24, 2.45) is 7.05 Å². The van der Waals surface area contributed by atoms with Gasteiger partial charge in [-0.15, -0.1) is 0 Å². The lowest BCUT2D eigenvalue weighted by Crippen LogP contribution is -2.41. The van der Waals surface area contributed by atoms with Crippen LogP contribution < -0.4 is 26.7 Å². The van der Waals surface area contributed by atoms with Crippen molar-refractivity contribution >= 4 is 126 Å². The lowest BCUT2D eigenvalue weighted by molar-refractivity contribution is -0.191. The maximum Gasteiger partial charge on any atom is 0.373 e. The number of ether oxygens (including phenoxy) is 1. The number of aromatic nitrogens is 9. The van der Waals surface area contributed by atoms with E-state index in [4.69, 9.17) is 42.5 Å². The number of halogens is 4. The molecule has 2 N–H and O–H groups in total. The van der Waals surface area contributed by atoms with Gasteiger partial charge in [0.2, 0.25) is 30.1 Å². The molecule has 6 aromatic heterocycles. The van der Waals surface area contributed by atoms with Gasteiger partial charge in [-0.05, 0) is 118 Å². The number of imidazole rings is 3. The molecule has 0 spiro atoms. The first-order valence-corrected chi connectivity index (χ1v) is 40.0. The maximum atomic E-state index is 13.4. The topological polar surface area (TPSA) is 407 Å². The van der Waals surface area contributed by atoms with Crippen LogP contribution in [0.1, 0.15) is 79.9 Å². The molecular formula is C66H72Cl2F2N14O19S4. The van der Waals surface area contributed by atoms with Crippen LogP contribution in [0.15, 0.2) is 131 Å². The zero-order valence-electron chi connectivity index (χ0n) is 57.9. The summed E-state index contributed by atoms with van der Waals surface area (Å²) in [5, 5.41) is 18.3. The average Bonchev–Trinajstić information content (AvgIpc) is 1.54. The van der Waals surface area contributed by atoms with E-state index in [1.165, 1.54) is 103 Å². The fourth-order valence-electron chi connectivity index (χ4n) is 13.5. The number of methoxy groups -OCH3 is 1. The summed E-state index contributed by atoms with van der Waals surface area (Å²) < 4.78 is 147. The largest absolute Gasteiger partial charge is 0.495 e. The van der Waals surface area contributed by atoms with E-state index in [0.717, 1.165) is 83.0 Å². The number of piperidine rings is 3. The van der Waals surface area contributed by atoms with Crippen molar-refractivity contribution in [2.45, 2.75) is 102 Å². The number of sulfone groups is 1. The van der Waals surface area contributed by atoms with Crippen molar-refractivity contribution in [3.63, 3.8) is 0 Å². The Morgan fingerprint density at radius 2 is 1.03 bits per heavy atom. The number of rotatable bonds is 17. The van der Waals surface area contributed by atoms with Crippen LogP contribution in [-0.2, 0) is 79.2 Å². The Bertz CT molecular complexity index is 5660. The lowest BCUT2D eigenvalue weighted by atomic mass is 10.1. The van der Waals surface area contributed by atoms with E-state index in [0.29, 0.717) is 29.8 Å². The van der Waals surface area contributed by atoms with E-state index in [1.807, 2.05) is 12.1 Å². The number of hydrogen-bond donors (Lipinski definition) is 2. The van der Waals surface area contributed by atoms with Gasteiger partial charge in [-0.3, -0.25) is 41.8 Å². The first-order chi connectivity index (χ1) is 50.6. The SMILES string of the molecule is CN(C)C(=O)c1ccnc2c1n(CC(=O)O)c(=O)n2C1CCN(S(=O)(=O)c2ccc(F)cc2Cl)CC1.COc1cnc2c(c1)n(CC(=O)O)c(=O)n2C1CCN(S(=O)(=O)c2ccccc2S(C)(=O)=O)CC1.Cn1c(=O)n(C2CCN(S(=O)(=O)c3ccc(F)cc3Cl)CC2)c2nc(N3CCCC3)ccc21.O=C=O. The highest BCUT2D eigenvalue weighted by Gasteiger charge is 2.39. The molecule has 3 aromatic carbocycles. The molecule has 0 atom stereocenters. The third-order valence-electron chi connectivity index (χ3n) is 18.7. The van der Waals surface area contributed by atoms with Gasteiger partial charge in [0.25, 0.3) is 5.91 Å². The average molecular weight is 1600 g/mol. The van der Waals surface area contributed by atoms with Crippen LogP contribution in [0.25, 0.3) is 33.5 Å². The Morgan fingerprint density at radius 1 is 0.579 bits per heavy atom. The predicted molar refractivity (Wildman–Crippen MR) is 383 cm³/mol. The summed E-state index contributed by atoms with van der Waals surface area (Å²) in [5.41, 5.74) is 0.995. The number of carboxylic acid groups (broad SMARTS) is 2. The second-order valence-corrected chi connectivity index (χ2v) is 34.0. The molecule has 0 unspecified atom stereocenters. The number of pyridine rings is 3. The highest BCUT2D eigenvalue weighted by atomic mass is 35.5. The quantitative estimate of drug-likeness (QED) is 0.120. The molecule has 41 heteroatoms. The highest BCUT2D eigenvalue weighted by molar-refractivity contribution is 7.93. The Labute approximate surface area is 620 Å². The smallest absolute Gasteiger partial charge is 0.373 e.